The predicted octanol–water partition coefficient (Wildman–Crippen LogP) is 3.08. The van der Waals surface area contributed by atoms with Crippen molar-refractivity contribution in [3.05, 3.63) is 35.2 Å². The van der Waals surface area contributed by atoms with Crippen molar-refractivity contribution in [2.45, 2.75) is 12.8 Å². The number of halogens is 1. The minimum Gasteiger partial charge on any atom is -0.457 e. The van der Waals surface area contributed by atoms with E-state index >= 15 is 0 Å². The number of hydrogen-bond donors (Lipinski definition) is 0. The van der Waals surface area contributed by atoms with E-state index in [4.69, 9.17) is 4.42 Å². The largest absolute Gasteiger partial charge is 0.457 e. The second-order valence-corrected chi connectivity index (χ2v) is 3.99. The van der Waals surface area contributed by atoms with Gasteiger partial charge in [-0.2, -0.15) is 0 Å². The molecule has 0 bridgehead atoms. The zero-order valence-electron chi connectivity index (χ0n) is 8.70. The number of nitrogens with zero attached hydrogens (tertiary/aromatic N) is 1. The molecule has 0 saturated heterocycles. The molecule has 1 rings (SSSR count). The van der Waals surface area contributed by atoms with E-state index in [1.54, 1.807) is 18.0 Å². The second-order valence-electron chi connectivity index (χ2n) is 3.27. The average Bonchev–Trinajstić information content (AvgIpc) is 2.63. The number of carbonyl (C=O) groups excluding carboxylic acids is 1. The summed E-state index contributed by atoms with van der Waals surface area (Å²) >= 11 is 3.19. The molecule has 0 atom stereocenters. The van der Waals surface area contributed by atoms with Crippen LogP contribution in [0.5, 0.6) is 0 Å². The Morgan fingerprint density at radius 1 is 1.73 bits per heavy atom. The van der Waals surface area contributed by atoms with Gasteiger partial charge in [-0.15, -0.1) is 6.58 Å². The third kappa shape index (κ3) is 3.23. The fraction of sp³-hybridized carbons (Fsp3) is 0.364. The quantitative estimate of drug-likeness (QED) is 0.609. The smallest absolute Gasteiger partial charge is 0.258 e. The number of allylic oxidation sites excluding steroid dienone is 1. The molecule has 0 fully saturated rings. The summed E-state index contributed by atoms with van der Waals surface area (Å²) in [5.74, 6) is -0.0281. The summed E-state index contributed by atoms with van der Waals surface area (Å²) in [6.07, 6.45) is 5.20. The van der Waals surface area contributed by atoms with Gasteiger partial charge in [0.15, 0.2) is 4.67 Å². The molecule has 1 amide bonds. The molecule has 0 unspecified atom stereocenters. The van der Waals surface area contributed by atoms with Gasteiger partial charge in [0.05, 0.1) is 11.8 Å². The van der Waals surface area contributed by atoms with Crippen LogP contribution in [0.15, 0.2) is 34.1 Å². The first-order chi connectivity index (χ1) is 7.16. The number of hydrogen-bond acceptors (Lipinski definition) is 2. The zero-order chi connectivity index (χ0) is 11.3. The molecule has 0 aromatic carbocycles. The van der Waals surface area contributed by atoms with Crippen LogP contribution in [0, 0.1) is 0 Å². The highest BCUT2D eigenvalue weighted by atomic mass is 79.9. The second kappa shape index (κ2) is 5.75. The first-order valence-electron chi connectivity index (χ1n) is 4.76. The Labute approximate surface area is 97.9 Å². The van der Waals surface area contributed by atoms with E-state index in [-0.39, 0.29) is 5.91 Å². The van der Waals surface area contributed by atoms with Crippen LogP contribution >= 0.6 is 15.9 Å². The number of unbranched alkanes of at least 4 members (excludes halogenated alkanes) is 1. The molecule has 1 aromatic rings. The van der Waals surface area contributed by atoms with Crippen LogP contribution < -0.4 is 0 Å². The van der Waals surface area contributed by atoms with Gasteiger partial charge in [-0.05, 0) is 34.8 Å². The van der Waals surface area contributed by atoms with Gasteiger partial charge in [0.1, 0.15) is 0 Å². The molecule has 15 heavy (non-hydrogen) atoms. The maximum atomic E-state index is 11.8. The Kier molecular flexibility index (Phi) is 4.62. The number of carbonyl (C=O) groups is 1. The van der Waals surface area contributed by atoms with Crippen LogP contribution in [-0.4, -0.2) is 24.4 Å². The zero-order valence-corrected chi connectivity index (χ0v) is 10.3. The molecule has 1 heterocycles. The summed E-state index contributed by atoms with van der Waals surface area (Å²) in [7, 11) is 1.78. The van der Waals surface area contributed by atoms with Gasteiger partial charge in [-0.3, -0.25) is 4.79 Å². The maximum absolute atomic E-state index is 11.8. The predicted molar refractivity (Wildman–Crippen MR) is 62.8 cm³/mol. The fourth-order valence-corrected chi connectivity index (χ4v) is 1.64. The Hall–Kier alpha value is -1.03. The van der Waals surface area contributed by atoms with Gasteiger partial charge in [0, 0.05) is 13.6 Å². The lowest BCUT2D eigenvalue weighted by Gasteiger charge is -2.15. The van der Waals surface area contributed by atoms with Crippen LogP contribution in [0.4, 0.5) is 0 Å². The van der Waals surface area contributed by atoms with Crippen LogP contribution in [0.25, 0.3) is 0 Å². The van der Waals surface area contributed by atoms with E-state index in [1.165, 1.54) is 6.26 Å². The van der Waals surface area contributed by atoms with Crippen molar-refractivity contribution in [3.8, 4) is 0 Å². The lowest BCUT2D eigenvalue weighted by Crippen LogP contribution is -2.27. The van der Waals surface area contributed by atoms with Gasteiger partial charge < -0.3 is 9.32 Å². The van der Waals surface area contributed by atoms with Gasteiger partial charge in [0.2, 0.25) is 0 Å². The van der Waals surface area contributed by atoms with Crippen LogP contribution in [-0.2, 0) is 0 Å². The van der Waals surface area contributed by atoms with Gasteiger partial charge >= 0.3 is 0 Å². The minimum absolute atomic E-state index is 0.0281. The molecule has 82 valence electrons. The Balaban J connectivity index is 2.53. The highest BCUT2D eigenvalue weighted by molar-refractivity contribution is 9.10. The van der Waals surface area contributed by atoms with Crippen LogP contribution in [0.1, 0.15) is 23.2 Å². The summed E-state index contributed by atoms with van der Waals surface area (Å²) < 4.78 is 5.50. The Bertz CT molecular complexity index is 346. The number of furan rings is 1. The third-order valence-electron chi connectivity index (χ3n) is 2.10. The van der Waals surface area contributed by atoms with Crippen molar-refractivity contribution in [1.82, 2.24) is 4.90 Å². The Morgan fingerprint density at radius 3 is 3.00 bits per heavy atom. The molecule has 3 nitrogen and oxygen atoms in total. The average molecular weight is 272 g/mol. The van der Waals surface area contributed by atoms with Crippen molar-refractivity contribution in [2.75, 3.05) is 13.6 Å². The summed E-state index contributed by atoms with van der Waals surface area (Å²) in [5.41, 5.74) is 0.566. The van der Waals surface area contributed by atoms with Crippen LogP contribution in [0.2, 0.25) is 0 Å². The SMILES string of the molecule is C=CCCCN(C)C(=O)c1ccoc1Br. The molecule has 0 aliphatic heterocycles. The van der Waals surface area contributed by atoms with Gasteiger partial charge in [-0.25, -0.2) is 0 Å². The number of rotatable bonds is 5. The molecule has 0 saturated carbocycles. The van der Waals surface area contributed by atoms with E-state index in [9.17, 15) is 4.79 Å². The van der Waals surface area contributed by atoms with E-state index in [1.807, 2.05) is 6.08 Å². The molecule has 0 spiro atoms. The first-order valence-corrected chi connectivity index (χ1v) is 5.55. The van der Waals surface area contributed by atoms with Crippen molar-refractivity contribution in [2.24, 2.45) is 0 Å². The monoisotopic (exact) mass is 271 g/mol. The topological polar surface area (TPSA) is 33.5 Å². The van der Waals surface area contributed by atoms with Gasteiger partial charge in [0.25, 0.3) is 5.91 Å². The molecule has 4 heteroatoms. The normalized spacial score (nSPS) is 10.0. The maximum Gasteiger partial charge on any atom is 0.258 e. The van der Waals surface area contributed by atoms with Crippen molar-refractivity contribution < 1.29 is 9.21 Å². The molecule has 0 N–H and O–H groups in total. The van der Waals surface area contributed by atoms with Crippen molar-refractivity contribution in [3.63, 3.8) is 0 Å². The molecular weight excluding hydrogens is 258 g/mol. The molecule has 0 aliphatic rings. The van der Waals surface area contributed by atoms with E-state index < -0.39 is 0 Å². The molecule has 0 radical (unpaired) electrons. The van der Waals surface area contributed by atoms with E-state index in [0.29, 0.717) is 10.2 Å². The molecule has 1 aromatic heterocycles. The summed E-state index contributed by atoms with van der Waals surface area (Å²) in [6.45, 7) is 4.37. The van der Waals surface area contributed by atoms with E-state index in [2.05, 4.69) is 22.5 Å². The summed E-state index contributed by atoms with van der Waals surface area (Å²) in [5, 5.41) is 0. The highest BCUT2D eigenvalue weighted by Crippen LogP contribution is 2.18. The minimum atomic E-state index is -0.0281. The van der Waals surface area contributed by atoms with Crippen molar-refractivity contribution >= 4 is 21.8 Å². The molecule has 0 aliphatic carbocycles. The van der Waals surface area contributed by atoms with Crippen molar-refractivity contribution in [1.29, 1.82) is 0 Å². The summed E-state index contributed by atoms with van der Waals surface area (Å²) in [6, 6.07) is 1.66. The standard InChI is InChI=1S/C11H14BrNO2/c1-3-4-5-7-13(2)11(14)9-6-8-15-10(9)12/h3,6,8H,1,4-5,7H2,2H3. The summed E-state index contributed by atoms with van der Waals surface area (Å²) in [4.78, 5) is 13.5. The van der Waals surface area contributed by atoms with E-state index in [0.717, 1.165) is 19.4 Å². The lowest BCUT2D eigenvalue weighted by atomic mass is 10.2. The lowest BCUT2D eigenvalue weighted by molar-refractivity contribution is 0.0792. The Morgan fingerprint density at radius 2 is 2.47 bits per heavy atom. The first kappa shape index (κ1) is 12.0. The number of amides is 1. The van der Waals surface area contributed by atoms with Gasteiger partial charge in [-0.1, -0.05) is 6.08 Å². The molecular formula is C11H14BrNO2. The highest BCUT2D eigenvalue weighted by Gasteiger charge is 2.16. The fourth-order valence-electron chi connectivity index (χ4n) is 1.23. The third-order valence-corrected chi connectivity index (χ3v) is 2.71. The van der Waals surface area contributed by atoms with Crippen LogP contribution in [0.3, 0.4) is 0 Å².